The lowest BCUT2D eigenvalue weighted by atomic mass is 9.94. The molecule has 152 valence electrons. The maximum Gasteiger partial charge on any atom is 0.216 e. The van der Waals surface area contributed by atoms with Crippen LogP contribution in [0.3, 0.4) is 0 Å². The second-order valence-electron chi connectivity index (χ2n) is 6.76. The smallest absolute Gasteiger partial charge is 0.216 e. The van der Waals surface area contributed by atoms with Crippen LogP contribution < -0.4 is 4.72 Å². The zero-order chi connectivity index (χ0) is 21.5. The molecule has 0 radical (unpaired) electrons. The summed E-state index contributed by atoms with van der Waals surface area (Å²) in [5.41, 5.74) is 5.01. The number of aryl methyl sites for hydroxylation is 1. The summed E-state index contributed by atoms with van der Waals surface area (Å²) in [6, 6.07) is 25.2. The van der Waals surface area contributed by atoms with E-state index in [4.69, 9.17) is 0 Å². The van der Waals surface area contributed by atoms with E-state index in [1.165, 1.54) is 11.9 Å². The normalized spacial score (nSPS) is 10.2. The molecule has 0 aliphatic heterocycles. The second-order valence-corrected chi connectivity index (χ2v) is 7.40. The van der Waals surface area contributed by atoms with E-state index in [1.807, 2.05) is 55.5 Å². The molecule has 0 bridgehead atoms. The molecule has 4 aromatic rings. The molecule has 3 N–H and O–H groups in total. The van der Waals surface area contributed by atoms with E-state index >= 15 is 0 Å². The third-order valence-corrected chi connectivity index (χ3v) is 4.98. The van der Waals surface area contributed by atoms with Crippen LogP contribution in [0.2, 0.25) is 0 Å². The SMILES string of the molecule is CSNC=O.Cc1cccc(-c2c(O)ccc3cc(-c4cccc(O)c4)ccc23)c1. The Bertz CT molecular complexity index is 1170. The highest BCUT2D eigenvalue weighted by Gasteiger charge is 2.11. The molecule has 30 heavy (non-hydrogen) atoms. The van der Waals surface area contributed by atoms with Gasteiger partial charge in [-0.3, -0.25) is 4.79 Å². The van der Waals surface area contributed by atoms with Crippen LogP contribution in [-0.2, 0) is 4.79 Å². The third-order valence-electron chi connectivity index (χ3n) is 4.65. The van der Waals surface area contributed by atoms with Crippen molar-refractivity contribution in [2.45, 2.75) is 6.92 Å². The molecule has 0 unspecified atom stereocenters. The average Bonchev–Trinajstić information content (AvgIpc) is 2.74. The predicted molar refractivity (Wildman–Crippen MR) is 126 cm³/mol. The Morgan fingerprint density at radius 1 is 0.833 bits per heavy atom. The number of carbonyl (C=O) groups is 1. The number of amides is 1. The molecule has 0 aromatic heterocycles. The largest absolute Gasteiger partial charge is 0.508 e. The van der Waals surface area contributed by atoms with Crippen molar-refractivity contribution in [1.82, 2.24) is 4.72 Å². The average molecular weight is 418 g/mol. The molecule has 4 aromatic carbocycles. The highest BCUT2D eigenvalue weighted by molar-refractivity contribution is 7.97. The number of carbonyl (C=O) groups excluding carboxylic acids is 1. The fourth-order valence-corrected chi connectivity index (χ4v) is 3.43. The molecule has 4 nitrogen and oxygen atoms in total. The van der Waals surface area contributed by atoms with Crippen molar-refractivity contribution in [3.05, 3.63) is 84.4 Å². The van der Waals surface area contributed by atoms with Crippen LogP contribution in [0.5, 0.6) is 11.5 Å². The van der Waals surface area contributed by atoms with Gasteiger partial charge < -0.3 is 14.9 Å². The summed E-state index contributed by atoms with van der Waals surface area (Å²) in [5, 5.41) is 22.2. The van der Waals surface area contributed by atoms with Crippen LogP contribution in [-0.4, -0.2) is 22.9 Å². The Labute approximate surface area is 180 Å². The van der Waals surface area contributed by atoms with Gasteiger partial charge >= 0.3 is 0 Å². The van der Waals surface area contributed by atoms with Gasteiger partial charge in [-0.1, -0.05) is 72.1 Å². The van der Waals surface area contributed by atoms with Gasteiger partial charge in [0.2, 0.25) is 6.41 Å². The number of fused-ring (bicyclic) bond motifs is 1. The van der Waals surface area contributed by atoms with Gasteiger partial charge in [0.25, 0.3) is 0 Å². The summed E-state index contributed by atoms with van der Waals surface area (Å²) in [6.45, 7) is 2.05. The Hall–Kier alpha value is -3.44. The molecule has 0 heterocycles. The first-order valence-electron chi connectivity index (χ1n) is 9.38. The summed E-state index contributed by atoms with van der Waals surface area (Å²) in [6.07, 6.45) is 2.43. The van der Waals surface area contributed by atoms with Gasteiger partial charge in [-0.2, -0.15) is 0 Å². The van der Waals surface area contributed by atoms with E-state index in [1.54, 1.807) is 24.5 Å². The highest BCUT2D eigenvalue weighted by Crippen LogP contribution is 2.38. The minimum atomic E-state index is 0.253. The third kappa shape index (κ3) is 4.93. The Kier molecular flexibility index (Phi) is 6.99. The monoisotopic (exact) mass is 417 g/mol. The minimum Gasteiger partial charge on any atom is -0.508 e. The van der Waals surface area contributed by atoms with Crippen molar-refractivity contribution in [2.75, 3.05) is 6.26 Å². The lowest BCUT2D eigenvalue weighted by molar-refractivity contribution is -0.107. The molecule has 0 atom stereocenters. The molecule has 0 fully saturated rings. The van der Waals surface area contributed by atoms with Crippen LogP contribution in [0, 0.1) is 6.92 Å². The van der Waals surface area contributed by atoms with Gasteiger partial charge in [0.05, 0.1) is 0 Å². The predicted octanol–water partition coefficient (Wildman–Crippen LogP) is 5.90. The van der Waals surface area contributed by atoms with Gasteiger partial charge in [-0.15, -0.1) is 0 Å². The number of hydrogen-bond acceptors (Lipinski definition) is 4. The van der Waals surface area contributed by atoms with Crippen LogP contribution in [0.25, 0.3) is 33.0 Å². The zero-order valence-electron chi connectivity index (χ0n) is 16.8. The van der Waals surface area contributed by atoms with E-state index in [-0.39, 0.29) is 11.5 Å². The second kappa shape index (κ2) is 9.85. The molecular formula is C25H23NO3S. The molecule has 5 heteroatoms. The summed E-state index contributed by atoms with van der Waals surface area (Å²) in [5.74, 6) is 0.534. The number of aromatic hydroxyl groups is 2. The molecule has 0 aliphatic rings. The highest BCUT2D eigenvalue weighted by atomic mass is 32.2. The number of nitrogens with one attached hydrogen (secondary N) is 1. The summed E-state index contributed by atoms with van der Waals surface area (Å²) in [7, 11) is 0. The van der Waals surface area contributed by atoms with Crippen molar-refractivity contribution in [1.29, 1.82) is 0 Å². The van der Waals surface area contributed by atoms with Crippen LogP contribution in [0.4, 0.5) is 0 Å². The van der Waals surface area contributed by atoms with Gasteiger partial charge in [0.1, 0.15) is 11.5 Å². The van der Waals surface area contributed by atoms with Gasteiger partial charge in [0.15, 0.2) is 0 Å². The number of rotatable bonds is 4. The van der Waals surface area contributed by atoms with E-state index in [2.05, 4.69) is 16.9 Å². The molecule has 0 aliphatic carbocycles. The van der Waals surface area contributed by atoms with Crippen molar-refractivity contribution in [2.24, 2.45) is 0 Å². The molecule has 4 rings (SSSR count). The van der Waals surface area contributed by atoms with Crippen molar-refractivity contribution >= 4 is 29.1 Å². The summed E-state index contributed by atoms with van der Waals surface area (Å²) in [4.78, 5) is 9.27. The Balaban J connectivity index is 0.000000461. The quantitative estimate of drug-likeness (QED) is 0.285. The maximum atomic E-state index is 10.4. The van der Waals surface area contributed by atoms with E-state index in [0.29, 0.717) is 6.41 Å². The van der Waals surface area contributed by atoms with Crippen LogP contribution in [0.15, 0.2) is 78.9 Å². The van der Waals surface area contributed by atoms with E-state index < -0.39 is 0 Å². The summed E-state index contributed by atoms with van der Waals surface area (Å²) >= 11 is 1.28. The number of hydrogen-bond donors (Lipinski definition) is 3. The molecule has 0 saturated carbocycles. The van der Waals surface area contributed by atoms with E-state index in [0.717, 1.165) is 38.6 Å². The lowest BCUT2D eigenvalue weighted by Gasteiger charge is -2.12. The number of phenols is 2. The summed E-state index contributed by atoms with van der Waals surface area (Å²) < 4.78 is 2.35. The fourth-order valence-electron chi connectivity index (χ4n) is 3.34. The molecule has 1 amide bonds. The van der Waals surface area contributed by atoms with Crippen molar-refractivity contribution in [3.63, 3.8) is 0 Å². The first-order valence-corrected chi connectivity index (χ1v) is 10.6. The molecule has 0 spiro atoms. The zero-order valence-corrected chi connectivity index (χ0v) is 17.6. The Morgan fingerprint density at radius 2 is 1.57 bits per heavy atom. The van der Waals surface area contributed by atoms with Crippen LogP contribution >= 0.6 is 11.9 Å². The van der Waals surface area contributed by atoms with Crippen LogP contribution in [0.1, 0.15) is 5.56 Å². The van der Waals surface area contributed by atoms with Gasteiger partial charge in [0, 0.05) is 11.8 Å². The first kappa shape index (κ1) is 21.3. The Morgan fingerprint density at radius 3 is 2.23 bits per heavy atom. The first-order chi connectivity index (χ1) is 14.5. The topological polar surface area (TPSA) is 69.6 Å². The van der Waals surface area contributed by atoms with Crippen molar-refractivity contribution < 1.29 is 15.0 Å². The standard InChI is InChI=1S/C23H18O2.C2H5NOS/c1-15-4-2-6-19(12-15)23-21-10-8-17(13-18(21)9-11-22(23)25)16-5-3-7-20(24)14-16;1-5-3-2-4/h2-14,24-25H,1H3;2H,1H3,(H,3,4). The lowest BCUT2D eigenvalue weighted by Crippen LogP contribution is -1.93. The number of benzene rings is 4. The molecular weight excluding hydrogens is 394 g/mol. The van der Waals surface area contributed by atoms with E-state index in [9.17, 15) is 15.0 Å². The fraction of sp³-hybridized carbons (Fsp3) is 0.0800. The molecule has 0 saturated heterocycles. The van der Waals surface area contributed by atoms with Gasteiger partial charge in [-0.25, -0.2) is 0 Å². The minimum absolute atomic E-state index is 0.253. The maximum absolute atomic E-state index is 10.4. The van der Waals surface area contributed by atoms with Crippen molar-refractivity contribution in [3.8, 4) is 33.8 Å². The number of phenolic OH excluding ortho intramolecular Hbond substituents is 2. The van der Waals surface area contributed by atoms with Gasteiger partial charge in [-0.05, 0) is 58.7 Å².